The van der Waals surface area contributed by atoms with Crippen LogP contribution in [0.1, 0.15) is 24.3 Å². The van der Waals surface area contributed by atoms with E-state index in [-0.39, 0.29) is 5.91 Å². The van der Waals surface area contributed by atoms with Crippen LogP contribution in [-0.4, -0.2) is 28.9 Å². The summed E-state index contributed by atoms with van der Waals surface area (Å²) in [5.74, 6) is 0.841. The van der Waals surface area contributed by atoms with Crippen LogP contribution in [0.15, 0.2) is 63.5 Å². The van der Waals surface area contributed by atoms with Crippen LogP contribution in [0.25, 0.3) is 22.8 Å². The average Bonchev–Trinajstić information content (AvgIpc) is 3.09. The molecule has 0 aliphatic heterocycles. The number of carbonyl (C=O) groups is 1. The fourth-order valence-corrected chi connectivity index (χ4v) is 2.89. The maximum atomic E-state index is 12.9. The predicted molar refractivity (Wildman–Crippen MR) is 102 cm³/mol. The first-order chi connectivity index (χ1) is 12.1. The summed E-state index contributed by atoms with van der Waals surface area (Å²) in [5.41, 5.74) is 2.03. The highest BCUT2D eigenvalue weighted by Gasteiger charge is 2.25. The molecule has 3 aromatic rings. The summed E-state index contributed by atoms with van der Waals surface area (Å²) in [6, 6.07) is 17.3. The van der Waals surface area contributed by atoms with E-state index in [2.05, 4.69) is 20.9 Å². The number of hydrogen-bond donors (Lipinski definition) is 0. The molecule has 4 nitrogen and oxygen atoms in total. The monoisotopic (exact) mass is 398 g/mol. The maximum Gasteiger partial charge on any atom is 0.276 e. The van der Waals surface area contributed by atoms with Gasteiger partial charge in [0, 0.05) is 28.7 Å². The highest BCUT2D eigenvalue weighted by atomic mass is 79.9. The topological polar surface area (TPSA) is 46.3 Å². The van der Waals surface area contributed by atoms with Gasteiger partial charge in [-0.25, -0.2) is 4.98 Å². The zero-order valence-corrected chi connectivity index (χ0v) is 15.8. The lowest BCUT2D eigenvalue weighted by molar-refractivity contribution is 0.0768. The van der Waals surface area contributed by atoms with Crippen LogP contribution in [-0.2, 0) is 0 Å². The smallest absolute Gasteiger partial charge is 0.276 e. The van der Waals surface area contributed by atoms with Gasteiger partial charge in [-0.05, 0) is 38.1 Å². The molecule has 0 aliphatic carbocycles. The molecule has 1 aromatic heterocycles. The number of hydrogen-bond acceptors (Lipinski definition) is 3. The number of halogens is 1. The summed E-state index contributed by atoms with van der Waals surface area (Å²) in [7, 11) is 0. The van der Waals surface area contributed by atoms with Crippen molar-refractivity contribution in [3.8, 4) is 22.8 Å². The third-order valence-electron chi connectivity index (χ3n) is 4.01. The standard InChI is InChI=1S/C20H19BrN2O2/c1-3-23(4-2)20(24)17-18(14-8-6-5-7-9-14)25-19(22-17)15-10-12-16(21)13-11-15/h5-13H,3-4H2,1-2H3. The number of amides is 1. The third kappa shape index (κ3) is 3.66. The first-order valence-electron chi connectivity index (χ1n) is 8.25. The Morgan fingerprint density at radius 2 is 1.64 bits per heavy atom. The van der Waals surface area contributed by atoms with E-state index in [9.17, 15) is 4.79 Å². The van der Waals surface area contributed by atoms with Gasteiger partial charge in [0.1, 0.15) is 0 Å². The molecule has 0 atom stereocenters. The molecule has 2 aromatic carbocycles. The fourth-order valence-electron chi connectivity index (χ4n) is 2.63. The van der Waals surface area contributed by atoms with Gasteiger partial charge < -0.3 is 9.32 Å². The normalized spacial score (nSPS) is 10.7. The number of aromatic nitrogens is 1. The van der Waals surface area contributed by atoms with Gasteiger partial charge in [0.15, 0.2) is 11.5 Å². The van der Waals surface area contributed by atoms with E-state index in [4.69, 9.17) is 4.42 Å². The molecule has 0 radical (unpaired) electrons. The van der Waals surface area contributed by atoms with Gasteiger partial charge in [-0.1, -0.05) is 46.3 Å². The minimum Gasteiger partial charge on any atom is -0.435 e. The molecule has 1 heterocycles. The van der Waals surface area contributed by atoms with Gasteiger partial charge in [0.05, 0.1) is 0 Å². The highest BCUT2D eigenvalue weighted by molar-refractivity contribution is 9.10. The van der Waals surface area contributed by atoms with Crippen LogP contribution in [0.4, 0.5) is 0 Å². The first-order valence-corrected chi connectivity index (χ1v) is 9.04. The molecule has 0 unspecified atom stereocenters. The lowest BCUT2D eigenvalue weighted by Gasteiger charge is -2.17. The van der Waals surface area contributed by atoms with E-state index < -0.39 is 0 Å². The van der Waals surface area contributed by atoms with Crippen LogP contribution in [0, 0.1) is 0 Å². The van der Waals surface area contributed by atoms with Crippen molar-refractivity contribution in [3.63, 3.8) is 0 Å². The molecule has 0 aliphatic rings. The summed E-state index contributed by atoms with van der Waals surface area (Å²) >= 11 is 3.42. The lowest BCUT2D eigenvalue weighted by atomic mass is 10.1. The molecule has 0 fully saturated rings. The Hall–Kier alpha value is -2.40. The molecule has 0 bridgehead atoms. The largest absolute Gasteiger partial charge is 0.435 e. The second-order valence-electron chi connectivity index (χ2n) is 5.55. The quantitative estimate of drug-likeness (QED) is 0.589. The number of rotatable bonds is 5. The summed E-state index contributed by atoms with van der Waals surface area (Å²) in [6.07, 6.45) is 0. The number of oxazole rings is 1. The zero-order chi connectivity index (χ0) is 17.8. The molecule has 5 heteroatoms. The lowest BCUT2D eigenvalue weighted by Crippen LogP contribution is -2.31. The van der Waals surface area contributed by atoms with E-state index in [1.54, 1.807) is 4.90 Å². The van der Waals surface area contributed by atoms with Crippen molar-refractivity contribution in [3.05, 3.63) is 64.8 Å². The molecule has 0 spiro atoms. The molecule has 0 N–H and O–H groups in total. The minimum absolute atomic E-state index is 0.115. The minimum atomic E-state index is -0.115. The highest BCUT2D eigenvalue weighted by Crippen LogP contribution is 2.31. The van der Waals surface area contributed by atoms with Gasteiger partial charge in [-0.3, -0.25) is 4.79 Å². The van der Waals surface area contributed by atoms with E-state index in [0.29, 0.717) is 30.4 Å². The van der Waals surface area contributed by atoms with Gasteiger partial charge >= 0.3 is 0 Å². The Balaban J connectivity index is 2.11. The van der Waals surface area contributed by atoms with E-state index in [1.807, 2.05) is 68.4 Å². The van der Waals surface area contributed by atoms with Crippen LogP contribution in [0.2, 0.25) is 0 Å². The van der Waals surface area contributed by atoms with Crippen LogP contribution >= 0.6 is 15.9 Å². The van der Waals surface area contributed by atoms with Gasteiger partial charge in [-0.15, -0.1) is 0 Å². The second kappa shape index (κ2) is 7.66. The fraction of sp³-hybridized carbons (Fsp3) is 0.200. The Morgan fingerprint density at radius 3 is 2.24 bits per heavy atom. The molecular formula is C20H19BrN2O2. The summed E-state index contributed by atoms with van der Waals surface area (Å²) in [5, 5.41) is 0. The SMILES string of the molecule is CCN(CC)C(=O)c1nc(-c2ccc(Br)cc2)oc1-c1ccccc1. The molecular weight excluding hydrogens is 380 g/mol. The van der Waals surface area contributed by atoms with Crippen molar-refractivity contribution >= 4 is 21.8 Å². The van der Waals surface area contributed by atoms with E-state index >= 15 is 0 Å². The molecule has 3 rings (SSSR count). The van der Waals surface area contributed by atoms with Crippen molar-refractivity contribution in [2.45, 2.75) is 13.8 Å². The van der Waals surface area contributed by atoms with Crippen molar-refractivity contribution in [1.82, 2.24) is 9.88 Å². The van der Waals surface area contributed by atoms with Crippen LogP contribution in [0.5, 0.6) is 0 Å². The summed E-state index contributed by atoms with van der Waals surface area (Å²) < 4.78 is 6.99. The van der Waals surface area contributed by atoms with Gasteiger partial charge in [0.25, 0.3) is 5.91 Å². The summed E-state index contributed by atoms with van der Waals surface area (Å²) in [4.78, 5) is 19.2. The van der Waals surface area contributed by atoms with Crippen LogP contribution < -0.4 is 0 Å². The first kappa shape index (κ1) is 17.4. The second-order valence-corrected chi connectivity index (χ2v) is 6.46. The Kier molecular flexibility index (Phi) is 5.34. The van der Waals surface area contributed by atoms with Crippen molar-refractivity contribution in [2.75, 3.05) is 13.1 Å². The summed E-state index contributed by atoms with van der Waals surface area (Å²) in [6.45, 7) is 5.17. The molecule has 128 valence electrons. The van der Waals surface area contributed by atoms with E-state index in [1.165, 1.54) is 0 Å². The number of nitrogens with zero attached hydrogens (tertiary/aromatic N) is 2. The molecule has 0 saturated carbocycles. The Morgan fingerprint density at radius 1 is 1.00 bits per heavy atom. The average molecular weight is 399 g/mol. The number of carbonyl (C=O) groups excluding carboxylic acids is 1. The van der Waals surface area contributed by atoms with Crippen LogP contribution in [0.3, 0.4) is 0 Å². The zero-order valence-electron chi connectivity index (χ0n) is 14.2. The van der Waals surface area contributed by atoms with Crippen molar-refractivity contribution < 1.29 is 9.21 Å². The predicted octanol–water partition coefficient (Wildman–Crippen LogP) is 5.25. The third-order valence-corrected chi connectivity index (χ3v) is 4.54. The Bertz CT molecular complexity index is 853. The van der Waals surface area contributed by atoms with Crippen molar-refractivity contribution in [2.24, 2.45) is 0 Å². The molecule has 25 heavy (non-hydrogen) atoms. The molecule has 1 amide bonds. The molecule has 0 saturated heterocycles. The number of benzene rings is 2. The Labute approximate surface area is 155 Å². The van der Waals surface area contributed by atoms with E-state index in [0.717, 1.165) is 15.6 Å². The van der Waals surface area contributed by atoms with Crippen molar-refractivity contribution in [1.29, 1.82) is 0 Å². The van der Waals surface area contributed by atoms with Gasteiger partial charge in [0.2, 0.25) is 5.89 Å². The maximum absolute atomic E-state index is 12.9. The van der Waals surface area contributed by atoms with Gasteiger partial charge in [-0.2, -0.15) is 0 Å².